The van der Waals surface area contributed by atoms with E-state index in [-0.39, 0.29) is 0 Å². The summed E-state index contributed by atoms with van der Waals surface area (Å²) in [5.41, 5.74) is 3.52. The Bertz CT molecular complexity index is 726. The van der Waals surface area contributed by atoms with E-state index in [9.17, 15) is 4.21 Å². The summed E-state index contributed by atoms with van der Waals surface area (Å²) in [7, 11) is -2.84. The molecule has 0 saturated heterocycles. The maximum atomic E-state index is 14.2. The van der Waals surface area contributed by atoms with E-state index in [0.717, 1.165) is 14.7 Å². The molecule has 3 rings (SSSR count). The number of aryl methyl sites for hydroxylation is 3. The van der Waals surface area contributed by atoms with Crippen LogP contribution in [-0.2, 0) is 9.93 Å². The molecular weight excluding hydrogens is 300 g/mol. The first-order valence-corrected chi connectivity index (χ1v) is 9.52. The Labute approximate surface area is 139 Å². The van der Waals surface area contributed by atoms with Gasteiger partial charge in [0.1, 0.15) is 0 Å². The molecule has 0 heterocycles. The molecule has 0 aliphatic carbocycles. The van der Waals surface area contributed by atoms with Gasteiger partial charge in [0.15, 0.2) is 0 Å². The minimum atomic E-state index is -2.84. The zero-order chi connectivity index (χ0) is 16.4. The highest BCUT2D eigenvalue weighted by molar-refractivity contribution is 8.03. The third kappa shape index (κ3) is 2.99. The van der Waals surface area contributed by atoms with Crippen LogP contribution >= 0.6 is 0 Å². The molecule has 0 unspecified atom stereocenters. The standard InChI is InChI=1S/C21H22OS/c1-16-4-10-19(11-5-16)23(22,20-12-6-17(2)7-13-20)21-14-8-18(3)9-15-21/h4-15,23H,1-3H3. The van der Waals surface area contributed by atoms with Gasteiger partial charge in [0.2, 0.25) is 0 Å². The van der Waals surface area contributed by atoms with Crippen LogP contribution in [0.5, 0.6) is 0 Å². The lowest BCUT2D eigenvalue weighted by Crippen LogP contribution is -2.14. The summed E-state index contributed by atoms with van der Waals surface area (Å²) in [6.45, 7) is 6.14. The molecular formula is C21H22OS. The quantitative estimate of drug-likeness (QED) is 0.663. The summed E-state index contributed by atoms with van der Waals surface area (Å²) in [5.74, 6) is 0. The van der Waals surface area contributed by atoms with Crippen LogP contribution in [0, 0.1) is 20.8 Å². The lowest BCUT2D eigenvalue weighted by molar-refractivity contribution is 0.669. The molecule has 0 amide bonds. The van der Waals surface area contributed by atoms with Crippen molar-refractivity contribution < 1.29 is 4.21 Å². The fourth-order valence-electron chi connectivity index (χ4n) is 2.71. The molecule has 0 spiro atoms. The molecule has 3 aromatic carbocycles. The molecule has 0 N–H and O–H groups in total. The minimum absolute atomic E-state index is 0.885. The van der Waals surface area contributed by atoms with Gasteiger partial charge in [-0.2, -0.15) is 0 Å². The highest BCUT2D eigenvalue weighted by Crippen LogP contribution is 2.36. The zero-order valence-electron chi connectivity index (χ0n) is 13.8. The molecule has 0 radical (unpaired) electrons. The van der Waals surface area contributed by atoms with Gasteiger partial charge < -0.3 is 0 Å². The van der Waals surface area contributed by atoms with E-state index in [4.69, 9.17) is 0 Å². The minimum Gasteiger partial charge on any atom is -0.271 e. The van der Waals surface area contributed by atoms with E-state index >= 15 is 0 Å². The van der Waals surface area contributed by atoms with Crippen molar-refractivity contribution in [3.05, 3.63) is 89.5 Å². The van der Waals surface area contributed by atoms with Crippen LogP contribution < -0.4 is 0 Å². The van der Waals surface area contributed by atoms with Crippen molar-refractivity contribution in [1.82, 2.24) is 0 Å². The summed E-state index contributed by atoms with van der Waals surface area (Å²) in [6, 6.07) is 24.2. The molecule has 0 fully saturated rings. The van der Waals surface area contributed by atoms with Crippen LogP contribution in [0.2, 0.25) is 0 Å². The number of benzene rings is 3. The molecule has 0 aromatic heterocycles. The highest BCUT2D eigenvalue weighted by Gasteiger charge is 2.23. The van der Waals surface area contributed by atoms with E-state index in [0.29, 0.717) is 0 Å². The van der Waals surface area contributed by atoms with Crippen LogP contribution in [0.25, 0.3) is 0 Å². The predicted octanol–water partition coefficient (Wildman–Crippen LogP) is 5.11. The van der Waals surface area contributed by atoms with Gasteiger partial charge in [-0.1, -0.05) is 53.1 Å². The van der Waals surface area contributed by atoms with E-state index in [1.807, 2.05) is 93.6 Å². The molecule has 0 saturated carbocycles. The molecule has 3 aromatic rings. The lowest BCUT2D eigenvalue weighted by Gasteiger charge is -2.26. The van der Waals surface area contributed by atoms with Gasteiger partial charge in [-0.25, -0.2) is 0 Å². The molecule has 1 nitrogen and oxygen atoms in total. The normalized spacial score (nSPS) is 12.1. The van der Waals surface area contributed by atoms with Gasteiger partial charge >= 0.3 is 0 Å². The van der Waals surface area contributed by atoms with Crippen LogP contribution in [0.15, 0.2) is 87.5 Å². The van der Waals surface area contributed by atoms with Crippen molar-refractivity contribution in [2.24, 2.45) is 0 Å². The van der Waals surface area contributed by atoms with Crippen molar-refractivity contribution in [2.45, 2.75) is 35.5 Å². The lowest BCUT2D eigenvalue weighted by atomic mass is 10.2. The average Bonchev–Trinajstić information content (AvgIpc) is 2.56. The zero-order valence-corrected chi connectivity index (χ0v) is 14.7. The second-order valence-electron chi connectivity index (χ2n) is 6.12. The van der Waals surface area contributed by atoms with Crippen LogP contribution in [0.4, 0.5) is 0 Å². The fourth-order valence-corrected chi connectivity index (χ4v) is 5.31. The Kier molecular flexibility index (Phi) is 4.18. The van der Waals surface area contributed by atoms with Crippen molar-refractivity contribution in [3.63, 3.8) is 0 Å². The third-order valence-electron chi connectivity index (χ3n) is 4.19. The number of hydrogen-bond donors (Lipinski definition) is 1. The number of rotatable bonds is 3. The van der Waals surface area contributed by atoms with Crippen LogP contribution in [0.3, 0.4) is 0 Å². The molecule has 2 heteroatoms. The first kappa shape index (κ1) is 15.7. The van der Waals surface area contributed by atoms with Gasteiger partial charge in [-0.05, 0) is 67.1 Å². The largest absolute Gasteiger partial charge is 0.271 e. The van der Waals surface area contributed by atoms with Crippen LogP contribution in [0.1, 0.15) is 16.7 Å². The summed E-state index contributed by atoms with van der Waals surface area (Å²) in [4.78, 5) is 2.66. The summed E-state index contributed by atoms with van der Waals surface area (Å²) < 4.78 is 14.2. The van der Waals surface area contributed by atoms with Crippen molar-refractivity contribution in [2.75, 3.05) is 0 Å². The second-order valence-corrected chi connectivity index (χ2v) is 8.88. The van der Waals surface area contributed by atoms with Crippen molar-refractivity contribution in [3.8, 4) is 0 Å². The Morgan fingerprint density at radius 2 is 0.696 bits per heavy atom. The summed E-state index contributed by atoms with van der Waals surface area (Å²) in [6.07, 6.45) is 0. The molecule has 23 heavy (non-hydrogen) atoms. The third-order valence-corrected chi connectivity index (χ3v) is 7.27. The topological polar surface area (TPSA) is 17.1 Å². The maximum absolute atomic E-state index is 14.2. The van der Waals surface area contributed by atoms with Gasteiger partial charge in [0.25, 0.3) is 0 Å². The molecule has 0 bridgehead atoms. The Balaban J connectivity index is 2.24. The first-order valence-electron chi connectivity index (χ1n) is 7.82. The first-order chi connectivity index (χ1) is 11.0. The molecule has 0 aliphatic rings. The highest BCUT2D eigenvalue weighted by atomic mass is 32.2. The maximum Gasteiger partial charge on any atom is 0.0230 e. The van der Waals surface area contributed by atoms with Crippen molar-refractivity contribution in [1.29, 1.82) is 0 Å². The van der Waals surface area contributed by atoms with E-state index < -0.39 is 9.93 Å². The monoisotopic (exact) mass is 322 g/mol. The molecule has 0 atom stereocenters. The van der Waals surface area contributed by atoms with Gasteiger partial charge in [0, 0.05) is 14.7 Å². The Hall–Kier alpha value is -2.19. The number of thiol groups is 1. The predicted molar refractivity (Wildman–Crippen MR) is 97.9 cm³/mol. The Morgan fingerprint density at radius 3 is 0.913 bits per heavy atom. The summed E-state index contributed by atoms with van der Waals surface area (Å²) in [5, 5.41) is 0. The molecule has 118 valence electrons. The van der Waals surface area contributed by atoms with E-state index in [2.05, 4.69) is 0 Å². The number of hydrogen-bond acceptors (Lipinski definition) is 1. The Morgan fingerprint density at radius 1 is 0.478 bits per heavy atom. The van der Waals surface area contributed by atoms with Gasteiger partial charge in [-0.15, -0.1) is 0 Å². The van der Waals surface area contributed by atoms with E-state index in [1.54, 1.807) is 0 Å². The molecule has 0 aliphatic heterocycles. The van der Waals surface area contributed by atoms with Crippen LogP contribution in [-0.4, -0.2) is 4.21 Å². The average molecular weight is 322 g/mol. The van der Waals surface area contributed by atoms with Gasteiger partial charge in [0.05, 0.1) is 0 Å². The fraction of sp³-hybridized carbons (Fsp3) is 0.143. The van der Waals surface area contributed by atoms with E-state index in [1.165, 1.54) is 16.7 Å². The second kappa shape index (κ2) is 6.13. The summed E-state index contributed by atoms with van der Waals surface area (Å²) >= 11 is 0. The van der Waals surface area contributed by atoms with Crippen molar-refractivity contribution >= 4 is 9.93 Å². The van der Waals surface area contributed by atoms with Gasteiger partial charge in [-0.3, -0.25) is 4.21 Å². The smallest absolute Gasteiger partial charge is 0.0230 e. The SMILES string of the molecule is Cc1ccc([SH](=O)(c2ccc(C)cc2)c2ccc(C)cc2)cc1.